The Balaban J connectivity index is 1.81. The fourth-order valence-electron chi connectivity index (χ4n) is 1.76. The number of nitrogens with two attached hydrogens (primary N) is 1. The highest BCUT2D eigenvalue weighted by Gasteiger charge is 2.07. The first kappa shape index (κ1) is 17.7. The van der Waals surface area contributed by atoms with E-state index in [0.29, 0.717) is 12.3 Å². The molecule has 0 atom stereocenters. The van der Waals surface area contributed by atoms with Crippen LogP contribution in [0, 0.1) is 0 Å². The predicted octanol–water partition coefficient (Wildman–Crippen LogP) is 0.719. The van der Waals surface area contributed by atoms with E-state index in [1.165, 1.54) is 0 Å². The number of amides is 1. The van der Waals surface area contributed by atoms with Gasteiger partial charge < -0.3 is 15.8 Å². The second-order valence-corrected chi connectivity index (χ2v) is 6.60. The summed E-state index contributed by atoms with van der Waals surface area (Å²) in [5.41, 5.74) is 6.06. The molecular formula is C13H17BrN6O2S. The Kier molecular flexibility index (Phi) is 6.81. The minimum absolute atomic E-state index is 0.135. The molecule has 0 bridgehead atoms. The van der Waals surface area contributed by atoms with E-state index in [-0.39, 0.29) is 6.61 Å². The average Bonchev–Trinajstić information content (AvgIpc) is 2.91. The van der Waals surface area contributed by atoms with Crippen molar-refractivity contribution in [3.63, 3.8) is 0 Å². The summed E-state index contributed by atoms with van der Waals surface area (Å²) in [5.74, 6) is 0.977. The third-order valence-electron chi connectivity index (χ3n) is 2.80. The van der Waals surface area contributed by atoms with Gasteiger partial charge in [-0.1, -0.05) is 27.7 Å². The number of carbonyl (C=O) groups is 1. The van der Waals surface area contributed by atoms with Gasteiger partial charge in [0.2, 0.25) is 5.16 Å². The molecule has 0 saturated heterocycles. The van der Waals surface area contributed by atoms with Gasteiger partial charge in [0.15, 0.2) is 6.61 Å². The summed E-state index contributed by atoms with van der Waals surface area (Å²) >= 11 is 5.00. The second kappa shape index (κ2) is 8.85. The lowest BCUT2D eigenvalue weighted by atomic mass is 10.2. The molecule has 23 heavy (non-hydrogen) atoms. The zero-order valence-electron chi connectivity index (χ0n) is 12.5. The van der Waals surface area contributed by atoms with Crippen LogP contribution in [0.1, 0.15) is 5.56 Å². The maximum atomic E-state index is 10.8. The summed E-state index contributed by atoms with van der Waals surface area (Å²) in [7, 11) is 1.81. The minimum atomic E-state index is -0.500. The van der Waals surface area contributed by atoms with Gasteiger partial charge >= 0.3 is 0 Å². The van der Waals surface area contributed by atoms with E-state index in [0.717, 1.165) is 27.5 Å². The maximum Gasteiger partial charge on any atom is 0.255 e. The van der Waals surface area contributed by atoms with Crippen LogP contribution in [0.25, 0.3) is 0 Å². The standard InChI is InChI=1S/C13H17BrN6O2S/c1-20-13(17-18-19-20)23-5-4-16-7-9-6-10(14)2-3-11(9)22-8-12(15)21/h2-3,6,16H,4-5,7-8H2,1H3,(H2,15,21). The molecule has 0 aliphatic carbocycles. The molecule has 1 amide bonds. The number of halogens is 1. The number of nitrogens with one attached hydrogen (secondary N) is 1. The highest BCUT2D eigenvalue weighted by Crippen LogP contribution is 2.23. The summed E-state index contributed by atoms with van der Waals surface area (Å²) in [5, 5.41) is 15.4. The van der Waals surface area contributed by atoms with E-state index in [1.807, 2.05) is 18.2 Å². The lowest BCUT2D eigenvalue weighted by Gasteiger charge is -2.11. The van der Waals surface area contributed by atoms with Gasteiger partial charge in [-0.05, 0) is 28.6 Å². The van der Waals surface area contributed by atoms with Crippen LogP contribution in [0.15, 0.2) is 27.8 Å². The molecule has 1 heterocycles. The Labute approximate surface area is 146 Å². The molecular weight excluding hydrogens is 384 g/mol. The van der Waals surface area contributed by atoms with Gasteiger partial charge in [-0.2, -0.15) is 0 Å². The molecule has 2 rings (SSSR count). The van der Waals surface area contributed by atoms with Gasteiger partial charge in [-0.25, -0.2) is 4.68 Å². The zero-order valence-corrected chi connectivity index (χ0v) is 14.9. The first-order valence-corrected chi connectivity index (χ1v) is 8.59. The van der Waals surface area contributed by atoms with Crippen molar-refractivity contribution in [3.8, 4) is 5.75 Å². The Morgan fingerprint density at radius 1 is 1.52 bits per heavy atom. The summed E-state index contributed by atoms with van der Waals surface area (Å²) in [4.78, 5) is 10.8. The van der Waals surface area contributed by atoms with Crippen molar-refractivity contribution in [2.75, 3.05) is 18.9 Å². The van der Waals surface area contributed by atoms with Crippen LogP contribution in [-0.4, -0.2) is 45.0 Å². The average molecular weight is 401 g/mol. The summed E-state index contributed by atoms with van der Waals surface area (Å²) in [6.07, 6.45) is 0. The largest absolute Gasteiger partial charge is 0.483 e. The monoisotopic (exact) mass is 400 g/mol. The maximum absolute atomic E-state index is 10.8. The van der Waals surface area contributed by atoms with Crippen LogP contribution >= 0.6 is 27.7 Å². The Hall–Kier alpha value is -1.65. The minimum Gasteiger partial charge on any atom is -0.483 e. The molecule has 3 N–H and O–H groups in total. The number of hydrogen-bond acceptors (Lipinski definition) is 7. The van der Waals surface area contributed by atoms with Crippen molar-refractivity contribution in [2.24, 2.45) is 12.8 Å². The smallest absolute Gasteiger partial charge is 0.255 e. The number of aryl methyl sites for hydroxylation is 1. The molecule has 0 spiro atoms. The number of hydrogen-bond donors (Lipinski definition) is 2. The molecule has 0 saturated carbocycles. The second-order valence-electron chi connectivity index (χ2n) is 4.62. The molecule has 0 unspecified atom stereocenters. The summed E-state index contributed by atoms with van der Waals surface area (Å²) in [6, 6.07) is 5.61. The number of rotatable bonds is 9. The lowest BCUT2D eigenvalue weighted by Crippen LogP contribution is -2.21. The van der Waals surface area contributed by atoms with Crippen LogP contribution in [0.2, 0.25) is 0 Å². The van der Waals surface area contributed by atoms with E-state index in [4.69, 9.17) is 10.5 Å². The molecule has 2 aromatic rings. The molecule has 0 radical (unpaired) electrons. The fourth-order valence-corrected chi connectivity index (χ4v) is 2.91. The lowest BCUT2D eigenvalue weighted by molar-refractivity contribution is -0.119. The van der Waals surface area contributed by atoms with Crippen molar-refractivity contribution >= 4 is 33.6 Å². The molecule has 10 heteroatoms. The van der Waals surface area contributed by atoms with Crippen molar-refractivity contribution in [1.29, 1.82) is 0 Å². The normalized spacial score (nSPS) is 10.7. The quantitative estimate of drug-likeness (QED) is 0.471. The summed E-state index contributed by atoms with van der Waals surface area (Å²) < 4.78 is 7.99. The topological polar surface area (TPSA) is 108 Å². The van der Waals surface area contributed by atoms with E-state index in [9.17, 15) is 4.79 Å². The van der Waals surface area contributed by atoms with Crippen molar-refractivity contribution < 1.29 is 9.53 Å². The Morgan fingerprint density at radius 2 is 2.35 bits per heavy atom. The van der Waals surface area contributed by atoms with Gasteiger partial charge in [0.1, 0.15) is 5.75 Å². The predicted molar refractivity (Wildman–Crippen MR) is 90.1 cm³/mol. The van der Waals surface area contributed by atoms with Gasteiger partial charge in [-0.3, -0.25) is 4.79 Å². The molecule has 8 nitrogen and oxygen atoms in total. The Morgan fingerprint density at radius 3 is 3.04 bits per heavy atom. The summed E-state index contributed by atoms with van der Waals surface area (Å²) in [6.45, 7) is 1.26. The van der Waals surface area contributed by atoms with Crippen LogP contribution in [0.5, 0.6) is 5.75 Å². The SMILES string of the molecule is Cn1nnnc1SCCNCc1cc(Br)ccc1OCC(N)=O. The molecule has 124 valence electrons. The van der Waals surface area contributed by atoms with Crippen molar-refractivity contribution in [3.05, 3.63) is 28.2 Å². The highest BCUT2D eigenvalue weighted by molar-refractivity contribution is 9.10. The van der Waals surface area contributed by atoms with Crippen molar-refractivity contribution in [2.45, 2.75) is 11.7 Å². The number of tetrazole rings is 1. The van der Waals surface area contributed by atoms with Crippen LogP contribution in [-0.2, 0) is 18.4 Å². The molecule has 0 aliphatic heterocycles. The van der Waals surface area contributed by atoms with Gasteiger partial charge in [0, 0.05) is 35.9 Å². The molecule has 0 fully saturated rings. The van der Waals surface area contributed by atoms with Crippen LogP contribution in [0.4, 0.5) is 0 Å². The first-order chi connectivity index (χ1) is 11.1. The van der Waals surface area contributed by atoms with Gasteiger partial charge in [-0.15, -0.1) is 5.10 Å². The fraction of sp³-hybridized carbons (Fsp3) is 0.385. The number of nitrogens with zero attached hydrogens (tertiary/aromatic N) is 4. The van der Waals surface area contributed by atoms with Crippen molar-refractivity contribution in [1.82, 2.24) is 25.5 Å². The number of thioether (sulfide) groups is 1. The molecule has 0 aliphatic rings. The third-order valence-corrected chi connectivity index (χ3v) is 4.30. The third kappa shape index (κ3) is 5.81. The molecule has 1 aromatic carbocycles. The number of benzene rings is 1. The van der Waals surface area contributed by atoms with E-state index >= 15 is 0 Å². The first-order valence-electron chi connectivity index (χ1n) is 6.81. The molecule has 1 aromatic heterocycles. The number of carbonyl (C=O) groups excluding carboxylic acids is 1. The zero-order chi connectivity index (χ0) is 16.7. The number of aromatic nitrogens is 4. The number of primary amides is 1. The van der Waals surface area contributed by atoms with Gasteiger partial charge in [0.05, 0.1) is 0 Å². The van der Waals surface area contributed by atoms with Crippen LogP contribution in [0.3, 0.4) is 0 Å². The number of ether oxygens (including phenoxy) is 1. The van der Waals surface area contributed by atoms with Crippen LogP contribution < -0.4 is 15.8 Å². The highest BCUT2D eigenvalue weighted by atomic mass is 79.9. The Bertz CT molecular complexity index is 666. The van der Waals surface area contributed by atoms with Gasteiger partial charge in [0.25, 0.3) is 5.91 Å². The van der Waals surface area contributed by atoms with E-state index in [2.05, 4.69) is 36.8 Å². The van der Waals surface area contributed by atoms with E-state index < -0.39 is 5.91 Å². The van der Waals surface area contributed by atoms with E-state index in [1.54, 1.807) is 23.5 Å².